The SMILES string of the molecule is Oc1cccc(-c2c(Cc3ccccc3)nc3c(C(F)(F)F)cccn23)c1. The Hall–Kier alpha value is -3.28. The highest BCUT2D eigenvalue weighted by Crippen LogP contribution is 2.36. The van der Waals surface area contributed by atoms with Crippen molar-refractivity contribution in [1.82, 2.24) is 9.38 Å². The fourth-order valence-electron chi connectivity index (χ4n) is 3.21. The molecule has 0 unspecified atom stereocenters. The minimum Gasteiger partial charge on any atom is -0.508 e. The molecule has 0 aliphatic rings. The Morgan fingerprint density at radius 1 is 0.926 bits per heavy atom. The van der Waals surface area contributed by atoms with Crippen molar-refractivity contribution in [3.63, 3.8) is 0 Å². The monoisotopic (exact) mass is 368 g/mol. The summed E-state index contributed by atoms with van der Waals surface area (Å²) in [6, 6.07) is 18.3. The van der Waals surface area contributed by atoms with Gasteiger partial charge in [-0.25, -0.2) is 4.98 Å². The van der Waals surface area contributed by atoms with E-state index < -0.39 is 11.7 Å². The fraction of sp³-hybridized carbons (Fsp3) is 0.0952. The van der Waals surface area contributed by atoms with Gasteiger partial charge in [0.15, 0.2) is 0 Å². The molecule has 2 heterocycles. The maximum absolute atomic E-state index is 13.5. The molecule has 1 N–H and O–H groups in total. The zero-order chi connectivity index (χ0) is 19.0. The van der Waals surface area contributed by atoms with Crippen LogP contribution in [0.25, 0.3) is 16.9 Å². The van der Waals surface area contributed by atoms with Crippen molar-refractivity contribution in [3.05, 3.63) is 89.7 Å². The second-order valence-electron chi connectivity index (χ2n) is 6.23. The maximum atomic E-state index is 13.5. The van der Waals surface area contributed by atoms with Crippen LogP contribution in [0.5, 0.6) is 5.75 Å². The molecular weight excluding hydrogens is 353 g/mol. The van der Waals surface area contributed by atoms with Crippen LogP contribution in [0.1, 0.15) is 16.8 Å². The van der Waals surface area contributed by atoms with E-state index in [1.165, 1.54) is 22.6 Å². The number of halogens is 3. The van der Waals surface area contributed by atoms with Crippen molar-refractivity contribution in [3.8, 4) is 17.0 Å². The summed E-state index contributed by atoms with van der Waals surface area (Å²) in [6.07, 6.45) is -2.57. The van der Waals surface area contributed by atoms with Crippen molar-refractivity contribution < 1.29 is 18.3 Å². The molecule has 0 fully saturated rings. The first-order chi connectivity index (χ1) is 12.9. The fourth-order valence-corrected chi connectivity index (χ4v) is 3.21. The number of hydrogen-bond acceptors (Lipinski definition) is 2. The maximum Gasteiger partial charge on any atom is 0.419 e. The van der Waals surface area contributed by atoms with E-state index in [1.807, 2.05) is 30.3 Å². The molecule has 27 heavy (non-hydrogen) atoms. The molecule has 2 aromatic carbocycles. The molecular formula is C21H15F3N2O. The number of pyridine rings is 1. The molecule has 4 rings (SSSR count). The van der Waals surface area contributed by atoms with Crippen molar-refractivity contribution >= 4 is 5.65 Å². The Balaban J connectivity index is 1.99. The standard InChI is InChI=1S/C21H15F3N2O/c22-21(23,24)17-10-5-11-26-19(15-8-4-9-16(27)13-15)18(25-20(17)26)12-14-6-2-1-3-7-14/h1-11,13,27H,12H2. The second kappa shape index (κ2) is 6.46. The van der Waals surface area contributed by atoms with Gasteiger partial charge >= 0.3 is 6.18 Å². The quantitative estimate of drug-likeness (QED) is 0.532. The van der Waals surface area contributed by atoms with E-state index in [1.54, 1.807) is 18.3 Å². The molecule has 4 aromatic rings. The van der Waals surface area contributed by atoms with Gasteiger partial charge in [0.1, 0.15) is 11.4 Å². The number of hydrogen-bond donors (Lipinski definition) is 1. The van der Waals surface area contributed by atoms with Crippen molar-refractivity contribution in [2.45, 2.75) is 12.6 Å². The number of aromatic hydroxyl groups is 1. The lowest BCUT2D eigenvalue weighted by Gasteiger charge is -2.09. The Morgan fingerprint density at radius 3 is 2.41 bits per heavy atom. The highest BCUT2D eigenvalue weighted by molar-refractivity contribution is 5.70. The first-order valence-corrected chi connectivity index (χ1v) is 8.34. The number of nitrogens with zero attached hydrogens (tertiary/aromatic N) is 2. The van der Waals surface area contributed by atoms with Gasteiger partial charge in [0, 0.05) is 18.2 Å². The van der Waals surface area contributed by atoms with Gasteiger partial charge in [0.05, 0.1) is 17.0 Å². The van der Waals surface area contributed by atoms with Gasteiger partial charge in [-0.3, -0.25) is 4.40 Å². The summed E-state index contributed by atoms with van der Waals surface area (Å²) in [5.41, 5.74) is 1.67. The van der Waals surface area contributed by atoms with Gasteiger partial charge in [-0.15, -0.1) is 0 Å². The molecule has 0 atom stereocenters. The van der Waals surface area contributed by atoms with Crippen molar-refractivity contribution in [2.75, 3.05) is 0 Å². The Labute approximate surface area is 153 Å². The number of aromatic nitrogens is 2. The molecule has 136 valence electrons. The summed E-state index contributed by atoms with van der Waals surface area (Å²) in [5, 5.41) is 9.84. The Morgan fingerprint density at radius 2 is 1.70 bits per heavy atom. The Bertz CT molecular complexity index is 1100. The van der Waals surface area contributed by atoms with E-state index >= 15 is 0 Å². The van der Waals surface area contributed by atoms with Crippen molar-refractivity contribution in [2.24, 2.45) is 0 Å². The molecule has 0 bridgehead atoms. The van der Waals surface area contributed by atoms with E-state index in [9.17, 15) is 18.3 Å². The average molecular weight is 368 g/mol. The molecule has 0 spiro atoms. The first kappa shape index (κ1) is 17.1. The van der Waals surface area contributed by atoms with Gasteiger partial charge in [0.25, 0.3) is 0 Å². The second-order valence-corrected chi connectivity index (χ2v) is 6.23. The molecule has 3 nitrogen and oxygen atoms in total. The zero-order valence-electron chi connectivity index (χ0n) is 14.1. The number of benzene rings is 2. The van der Waals surface area contributed by atoms with Crippen molar-refractivity contribution in [1.29, 1.82) is 0 Å². The van der Waals surface area contributed by atoms with E-state index in [4.69, 9.17) is 0 Å². The van der Waals surface area contributed by atoms with Gasteiger partial charge in [-0.2, -0.15) is 13.2 Å². The average Bonchev–Trinajstić information content (AvgIpc) is 2.99. The van der Waals surface area contributed by atoms with Crippen LogP contribution >= 0.6 is 0 Å². The third-order valence-corrected chi connectivity index (χ3v) is 4.36. The minimum atomic E-state index is -4.51. The predicted molar refractivity (Wildman–Crippen MR) is 96.5 cm³/mol. The van der Waals surface area contributed by atoms with Gasteiger partial charge < -0.3 is 5.11 Å². The lowest BCUT2D eigenvalue weighted by molar-refractivity contribution is -0.136. The number of rotatable bonds is 3. The minimum absolute atomic E-state index is 0.0417. The number of alkyl halides is 3. The van der Waals surface area contributed by atoms with Gasteiger partial charge in [-0.1, -0.05) is 42.5 Å². The molecule has 0 aliphatic heterocycles. The smallest absolute Gasteiger partial charge is 0.419 e. The molecule has 6 heteroatoms. The highest BCUT2D eigenvalue weighted by Gasteiger charge is 2.34. The topological polar surface area (TPSA) is 37.5 Å². The third-order valence-electron chi connectivity index (χ3n) is 4.36. The van der Waals surface area contributed by atoms with Crippen LogP contribution in [-0.2, 0) is 12.6 Å². The molecule has 0 saturated heterocycles. The molecule has 0 saturated carbocycles. The predicted octanol–water partition coefficient (Wildman–Crippen LogP) is 5.32. The van der Waals surface area contributed by atoms with E-state index in [2.05, 4.69) is 4.98 Å². The summed E-state index contributed by atoms with van der Waals surface area (Å²) >= 11 is 0. The van der Waals surface area contributed by atoms with Crippen LogP contribution in [0.15, 0.2) is 72.9 Å². The van der Waals surface area contributed by atoms with Crippen LogP contribution in [0.2, 0.25) is 0 Å². The zero-order valence-corrected chi connectivity index (χ0v) is 14.1. The number of phenolic OH excluding ortho intramolecular Hbond substituents is 1. The summed E-state index contributed by atoms with van der Waals surface area (Å²) < 4.78 is 41.8. The molecule has 0 radical (unpaired) electrons. The van der Waals surface area contributed by atoms with E-state index in [0.29, 0.717) is 23.4 Å². The largest absolute Gasteiger partial charge is 0.508 e. The third kappa shape index (κ3) is 3.26. The highest BCUT2D eigenvalue weighted by atomic mass is 19.4. The lowest BCUT2D eigenvalue weighted by atomic mass is 10.0. The molecule has 2 aromatic heterocycles. The van der Waals surface area contributed by atoms with E-state index in [-0.39, 0.29) is 11.4 Å². The summed E-state index contributed by atoms with van der Waals surface area (Å²) in [6.45, 7) is 0. The summed E-state index contributed by atoms with van der Waals surface area (Å²) in [5.74, 6) is 0.0417. The number of imidazole rings is 1. The van der Waals surface area contributed by atoms with Crippen LogP contribution in [0.4, 0.5) is 13.2 Å². The normalized spacial score (nSPS) is 11.8. The first-order valence-electron chi connectivity index (χ1n) is 8.34. The van der Waals surface area contributed by atoms with Crippen LogP contribution in [0, 0.1) is 0 Å². The van der Waals surface area contributed by atoms with Crippen LogP contribution < -0.4 is 0 Å². The summed E-state index contributed by atoms with van der Waals surface area (Å²) in [4.78, 5) is 4.34. The number of fused-ring (bicyclic) bond motifs is 1. The van der Waals surface area contributed by atoms with Gasteiger partial charge in [-0.05, 0) is 29.8 Å². The number of phenols is 1. The van der Waals surface area contributed by atoms with Gasteiger partial charge in [0.2, 0.25) is 0 Å². The van der Waals surface area contributed by atoms with Crippen LogP contribution in [-0.4, -0.2) is 14.5 Å². The molecule has 0 aliphatic carbocycles. The summed E-state index contributed by atoms with van der Waals surface area (Å²) in [7, 11) is 0. The lowest BCUT2D eigenvalue weighted by Crippen LogP contribution is -2.07. The van der Waals surface area contributed by atoms with E-state index in [0.717, 1.165) is 11.6 Å². The Kier molecular flexibility index (Phi) is 4.11. The molecule has 0 amide bonds. The van der Waals surface area contributed by atoms with Crippen LogP contribution in [0.3, 0.4) is 0 Å².